The fraction of sp³-hybridized carbons (Fsp3) is 0.0526. The minimum atomic E-state index is -3.24. The van der Waals surface area contributed by atoms with E-state index in [0.29, 0.717) is 5.56 Å². The Morgan fingerprint density at radius 3 is 1.92 bits per heavy atom. The van der Waals surface area contributed by atoms with Crippen molar-refractivity contribution in [3.8, 4) is 22.3 Å². The van der Waals surface area contributed by atoms with Crippen LogP contribution in [0.1, 0.15) is 0 Å². The van der Waals surface area contributed by atoms with Crippen LogP contribution in [0.5, 0.6) is 0 Å². The number of sulfone groups is 1. The molecule has 0 N–H and O–H groups in total. The van der Waals surface area contributed by atoms with E-state index in [1.165, 1.54) is 18.4 Å². The molecule has 24 heavy (non-hydrogen) atoms. The van der Waals surface area contributed by atoms with E-state index in [1.54, 1.807) is 30.3 Å². The second-order valence-electron chi connectivity index (χ2n) is 5.47. The second kappa shape index (κ2) is 6.38. The molecule has 3 aromatic carbocycles. The maximum absolute atomic E-state index is 13.8. The molecule has 0 aromatic heterocycles. The van der Waals surface area contributed by atoms with Crippen LogP contribution < -0.4 is 0 Å². The van der Waals surface area contributed by atoms with E-state index in [4.69, 9.17) is 11.6 Å². The predicted molar refractivity (Wildman–Crippen MR) is 95.4 cm³/mol. The lowest BCUT2D eigenvalue weighted by Gasteiger charge is -2.11. The molecule has 0 amide bonds. The normalized spacial score (nSPS) is 11.5. The first-order valence-electron chi connectivity index (χ1n) is 7.21. The topological polar surface area (TPSA) is 34.1 Å². The molecule has 3 rings (SSSR count). The highest BCUT2D eigenvalue weighted by Crippen LogP contribution is 2.33. The first-order chi connectivity index (χ1) is 11.4. The molecule has 3 aromatic rings. The molecule has 0 atom stereocenters. The van der Waals surface area contributed by atoms with Crippen LogP contribution in [0.25, 0.3) is 22.3 Å². The summed E-state index contributed by atoms with van der Waals surface area (Å²) in [5.41, 5.74) is 3.30. The van der Waals surface area contributed by atoms with E-state index in [1.807, 2.05) is 24.3 Å². The Hall–Kier alpha value is -2.17. The molecular formula is C19H14ClFO2S. The van der Waals surface area contributed by atoms with E-state index < -0.39 is 15.7 Å². The summed E-state index contributed by atoms with van der Waals surface area (Å²) in [5, 5.41) is 0.0775. The van der Waals surface area contributed by atoms with Crippen LogP contribution >= 0.6 is 11.6 Å². The second-order valence-corrected chi connectivity index (χ2v) is 7.89. The lowest BCUT2D eigenvalue weighted by atomic mass is 9.95. The van der Waals surface area contributed by atoms with E-state index in [-0.39, 0.29) is 9.92 Å². The van der Waals surface area contributed by atoms with Gasteiger partial charge < -0.3 is 0 Å². The molecule has 0 aliphatic rings. The molecule has 0 saturated heterocycles. The van der Waals surface area contributed by atoms with Crippen molar-refractivity contribution in [2.75, 3.05) is 6.26 Å². The smallest absolute Gasteiger partial charge is 0.175 e. The third-order valence-corrected chi connectivity index (χ3v) is 5.19. The third kappa shape index (κ3) is 3.35. The van der Waals surface area contributed by atoms with Gasteiger partial charge in [0.15, 0.2) is 9.84 Å². The Kier molecular flexibility index (Phi) is 4.43. The lowest BCUT2D eigenvalue weighted by Crippen LogP contribution is -1.96. The van der Waals surface area contributed by atoms with Crippen molar-refractivity contribution in [2.45, 2.75) is 4.90 Å². The molecule has 0 aliphatic carbocycles. The van der Waals surface area contributed by atoms with Crippen LogP contribution in [-0.4, -0.2) is 14.7 Å². The molecule has 0 spiro atoms. The van der Waals surface area contributed by atoms with Crippen LogP contribution in [0, 0.1) is 5.82 Å². The molecule has 0 aliphatic heterocycles. The summed E-state index contributed by atoms with van der Waals surface area (Å²) in [6.07, 6.45) is 1.17. The summed E-state index contributed by atoms with van der Waals surface area (Å²) in [4.78, 5) is 0.265. The van der Waals surface area contributed by atoms with Crippen molar-refractivity contribution in [3.63, 3.8) is 0 Å². The van der Waals surface area contributed by atoms with Crippen molar-refractivity contribution in [3.05, 3.63) is 77.6 Å². The minimum Gasteiger partial charge on any atom is -0.224 e. The van der Waals surface area contributed by atoms with Gasteiger partial charge in [0, 0.05) is 6.26 Å². The number of benzene rings is 3. The summed E-state index contributed by atoms with van der Waals surface area (Å²) < 4.78 is 37.0. The van der Waals surface area contributed by atoms with E-state index in [2.05, 4.69) is 0 Å². The summed E-state index contributed by atoms with van der Waals surface area (Å²) >= 11 is 5.75. The third-order valence-electron chi connectivity index (χ3n) is 3.75. The van der Waals surface area contributed by atoms with Crippen molar-refractivity contribution >= 4 is 21.4 Å². The van der Waals surface area contributed by atoms with Gasteiger partial charge in [0.1, 0.15) is 5.82 Å². The summed E-state index contributed by atoms with van der Waals surface area (Å²) in [5.74, 6) is -0.476. The van der Waals surface area contributed by atoms with Gasteiger partial charge in [-0.05, 0) is 46.5 Å². The summed E-state index contributed by atoms with van der Waals surface area (Å²) in [7, 11) is -3.24. The fourth-order valence-corrected chi connectivity index (χ4v) is 3.28. The van der Waals surface area contributed by atoms with Gasteiger partial charge in [-0.3, -0.25) is 0 Å². The van der Waals surface area contributed by atoms with Crippen LogP contribution in [0.4, 0.5) is 4.39 Å². The maximum atomic E-state index is 13.8. The predicted octanol–water partition coefficient (Wildman–Crippen LogP) is 5.22. The van der Waals surface area contributed by atoms with E-state index >= 15 is 0 Å². The molecule has 0 unspecified atom stereocenters. The number of hydrogen-bond donors (Lipinski definition) is 0. The molecule has 0 heterocycles. The summed E-state index contributed by atoms with van der Waals surface area (Å²) in [6.45, 7) is 0. The molecule has 0 radical (unpaired) electrons. The molecule has 5 heteroatoms. The lowest BCUT2D eigenvalue weighted by molar-refractivity contribution is 0.602. The van der Waals surface area contributed by atoms with E-state index in [0.717, 1.165) is 16.7 Å². The van der Waals surface area contributed by atoms with Gasteiger partial charge in [-0.2, -0.15) is 0 Å². The van der Waals surface area contributed by atoms with Gasteiger partial charge >= 0.3 is 0 Å². The maximum Gasteiger partial charge on any atom is 0.175 e. The first-order valence-corrected chi connectivity index (χ1v) is 9.48. The Labute approximate surface area is 145 Å². The Bertz CT molecular complexity index is 996. The van der Waals surface area contributed by atoms with Gasteiger partial charge in [0.2, 0.25) is 0 Å². The number of rotatable bonds is 3. The molecule has 0 saturated carbocycles. The average molecular weight is 361 g/mol. The van der Waals surface area contributed by atoms with Crippen LogP contribution in [-0.2, 0) is 9.84 Å². The highest BCUT2D eigenvalue weighted by molar-refractivity contribution is 7.90. The van der Waals surface area contributed by atoms with Crippen molar-refractivity contribution in [1.29, 1.82) is 0 Å². The van der Waals surface area contributed by atoms with Crippen LogP contribution in [0.2, 0.25) is 5.02 Å². The summed E-state index contributed by atoms with van der Waals surface area (Å²) in [6, 6.07) is 18.9. The van der Waals surface area contributed by atoms with Crippen molar-refractivity contribution in [1.82, 2.24) is 0 Å². The highest BCUT2D eigenvalue weighted by atomic mass is 35.5. The zero-order valence-electron chi connectivity index (χ0n) is 12.8. The van der Waals surface area contributed by atoms with Crippen LogP contribution in [0.3, 0.4) is 0 Å². The van der Waals surface area contributed by atoms with Crippen molar-refractivity contribution in [2.24, 2.45) is 0 Å². The van der Waals surface area contributed by atoms with Gasteiger partial charge in [0.05, 0.1) is 9.92 Å². The molecule has 122 valence electrons. The number of halogens is 2. The van der Waals surface area contributed by atoms with Gasteiger partial charge in [-0.1, -0.05) is 54.1 Å². The SMILES string of the molecule is CS(=O)(=O)c1ccc(-c2ccccc2-c2ccc(Cl)c(F)c2)cc1. The first kappa shape index (κ1) is 16.7. The number of hydrogen-bond acceptors (Lipinski definition) is 2. The molecule has 0 fully saturated rings. The molecule has 2 nitrogen and oxygen atoms in total. The standard InChI is InChI=1S/C19H14ClFO2S/c1-24(22,23)15-9-6-13(7-10-15)16-4-2-3-5-17(16)14-8-11-18(20)19(21)12-14/h2-12H,1H3. The van der Waals surface area contributed by atoms with Crippen molar-refractivity contribution < 1.29 is 12.8 Å². The largest absolute Gasteiger partial charge is 0.224 e. The quantitative estimate of drug-likeness (QED) is 0.642. The van der Waals surface area contributed by atoms with Gasteiger partial charge in [-0.15, -0.1) is 0 Å². The highest BCUT2D eigenvalue weighted by Gasteiger charge is 2.11. The molecular weight excluding hydrogens is 347 g/mol. The Morgan fingerprint density at radius 1 is 0.833 bits per heavy atom. The Morgan fingerprint density at radius 2 is 1.38 bits per heavy atom. The average Bonchev–Trinajstić information content (AvgIpc) is 2.57. The zero-order chi connectivity index (χ0) is 17.3. The van der Waals surface area contributed by atoms with Gasteiger partial charge in [-0.25, -0.2) is 12.8 Å². The van der Waals surface area contributed by atoms with Crippen LogP contribution in [0.15, 0.2) is 71.6 Å². The minimum absolute atomic E-state index is 0.0775. The fourth-order valence-electron chi connectivity index (χ4n) is 2.53. The Balaban J connectivity index is 2.11. The zero-order valence-corrected chi connectivity index (χ0v) is 14.4. The van der Waals surface area contributed by atoms with Gasteiger partial charge in [0.25, 0.3) is 0 Å². The molecule has 0 bridgehead atoms. The monoisotopic (exact) mass is 360 g/mol. The van der Waals surface area contributed by atoms with E-state index in [9.17, 15) is 12.8 Å².